The third kappa shape index (κ3) is 7.08. The van der Waals surface area contributed by atoms with Gasteiger partial charge in [-0.25, -0.2) is 4.98 Å². The van der Waals surface area contributed by atoms with Gasteiger partial charge in [-0.2, -0.15) is 18.6 Å². The maximum atomic E-state index is 13.7. The van der Waals surface area contributed by atoms with Crippen molar-refractivity contribution in [2.75, 3.05) is 32.1 Å². The molecule has 2 aliphatic heterocycles. The van der Waals surface area contributed by atoms with E-state index in [0.29, 0.717) is 11.8 Å². The number of halogens is 3. The first-order valence-corrected chi connectivity index (χ1v) is 13.3. The fraction of sp³-hybridized carbons (Fsp3) is 0.536. The second-order valence-corrected chi connectivity index (χ2v) is 11.6. The number of alkyl halides is 3. The number of hydrazine groups is 1. The Morgan fingerprint density at radius 2 is 1.90 bits per heavy atom. The molecule has 2 aliphatic rings. The number of anilines is 1. The summed E-state index contributed by atoms with van der Waals surface area (Å²) in [5, 5.41) is 18.5. The summed E-state index contributed by atoms with van der Waals surface area (Å²) in [4.78, 5) is 31.2. The first-order chi connectivity index (χ1) is 19.0. The molecule has 3 atom stereocenters. The molecular formula is C28H37F3N6O4. The molecule has 1 saturated heterocycles. The number of benzene rings is 1. The first-order valence-electron chi connectivity index (χ1n) is 13.3. The molecule has 2 aromatic rings. The van der Waals surface area contributed by atoms with Crippen LogP contribution in [-0.4, -0.2) is 82.0 Å². The molecule has 0 bridgehead atoms. The van der Waals surface area contributed by atoms with Crippen molar-refractivity contribution in [1.29, 1.82) is 0 Å². The van der Waals surface area contributed by atoms with Gasteiger partial charge in [0.1, 0.15) is 5.69 Å². The van der Waals surface area contributed by atoms with Crippen LogP contribution in [0.25, 0.3) is 10.9 Å². The zero-order chi connectivity index (χ0) is 30.3. The molecule has 1 aromatic heterocycles. The van der Waals surface area contributed by atoms with Crippen LogP contribution in [0, 0.1) is 6.92 Å². The van der Waals surface area contributed by atoms with Gasteiger partial charge in [-0.3, -0.25) is 9.59 Å². The number of β-amino-alcohol motifs (C(OH)–C–C–N with tert-alkyl or cyclic N) is 1. The summed E-state index contributed by atoms with van der Waals surface area (Å²) in [5.41, 5.74) is 1.44. The molecule has 1 unspecified atom stereocenters. The van der Waals surface area contributed by atoms with Crippen molar-refractivity contribution < 1.29 is 32.6 Å². The Morgan fingerprint density at radius 1 is 1.22 bits per heavy atom. The largest absolute Gasteiger partial charge is 0.433 e. The number of amides is 2. The number of aliphatic hydroxyl groups is 1. The van der Waals surface area contributed by atoms with Crippen molar-refractivity contribution in [3.8, 4) is 0 Å². The number of hydrogen-bond donors (Lipinski definition) is 4. The molecule has 10 nitrogen and oxygen atoms in total. The van der Waals surface area contributed by atoms with Gasteiger partial charge in [0.2, 0.25) is 5.91 Å². The zero-order valence-corrected chi connectivity index (χ0v) is 24.0. The highest BCUT2D eigenvalue weighted by atomic mass is 19.4. The number of aromatic nitrogens is 1. The van der Waals surface area contributed by atoms with Crippen molar-refractivity contribution in [2.45, 2.75) is 70.6 Å². The number of methoxy groups -OCH3 is 1. The number of likely N-dealkylation sites (tertiary alicyclic amines) is 1. The van der Waals surface area contributed by atoms with Crippen molar-refractivity contribution in [3.63, 3.8) is 0 Å². The molecule has 1 fully saturated rings. The zero-order valence-electron chi connectivity index (χ0n) is 24.0. The van der Waals surface area contributed by atoms with Crippen molar-refractivity contribution in [1.82, 2.24) is 25.6 Å². The lowest BCUT2D eigenvalue weighted by Gasteiger charge is -2.39. The van der Waals surface area contributed by atoms with Gasteiger partial charge in [-0.1, -0.05) is 11.6 Å². The van der Waals surface area contributed by atoms with Crippen LogP contribution >= 0.6 is 0 Å². The molecule has 2 amide bonds. The van der Waals surface area contributed by atoms with Crippen molar-refractivity contribution in [3.05, 3.63) is 47.3 Å². The maximum absolute atomic E-state index is 13.7. The van der Waals surface area contributed by atoms with Gasteiger partial charge in [-0.05, 0) is 52.3 Å². The normalized spacial score (nSPS) is 23.5. The number of piperidine rings is 1. The lowest BCUT2D eigenvalue weighted by atomic mass is 9.98. The van der Waals surface area contributed by atoms with Gasteiger partial charge in [0.15, 0.2) is 5.72 Å². The highest BCUT2D eigenvalue weighted by molar-refractivity contribution is 5.96. The second-order valence-electron chi connectivity index (χ2n) is 11.6. The molecule has 0 aliphatic carbocycles. The minimum absolute atomic E-state index is 0.190. The summed E-state index contributed by atoms with van der Waals surface area (Å²) in [6, 6.07) is 5.04. The highest BCUT2D eigenvalue weighted by Crippen LogP contribution is 2.34. The number of fused-ring (bicyclic) bond motifs is 1. The summed E-state index contributed by atoms with van der Waals surface area (Å²) < 4.78 is 46.5. The molecule has 0 spiro atoms. The Hall–Kier alpha value is -3.42. The van der Waals surface area contributed by atoms with E-state index in [-0.39, 0.29) is 42.3 Å². The third-order valence-electron chi connectivity index (χ3n) is 7.21. The molecule has 4 N–H and O–H groups in total. The molecule has 0 radical (unpaired) electrons. The number of aryl methyl sites for hydroxylation is 1. The van der Waals surface area contributed by atoms with Crippen LogP contribution in [0.3, 0.4) is 0 Å². The van der Waals surface area contributed by atoms with Crippen LogP contribution in [0.15, 0.2) is 36.0 Å². The molecule has 4 rings (SSSR count). The average molecular weight is 579 g/mol. The van der Waals surface area contributed by atoms with Crippen molar-refractivity contribution >= 4 is 28.4 Å². The van der Waals surface area contributed by atoms with Crippen LogP contribution < -0.4 is 16.1 Å². The molecule has 3 heterocycles. The van der Waals surface area contributed by atoms with Crippen LogP contribution in [0.2, 0.25) is 0 Å². The Kier molecular flexibility index (Phi) is 8.27. The van der Waals surface area contributed by atoms with Crippen LogP contribution in [0.1, 0.15) is 45.4 Å². The van der Waals surface area contributed by atoms with Gasteiger partial charge in [0, 0.05) is 56.5 Å². The number of nitrogens with one attached hydrogen (secondary N) is 3. The number of carbonyl (C=O) groups excluding carboxylic acids is 2. The monoisotopic (exact) mass is 578 g/mol. The number of carbonyl (C=O) groups is 2. The van der Waals surface area contributed by atoms with Gasteiger partial charge >= 0.3 is 6.18 Å². The summed E-state index contributed by atoms with van der Waals surface area (Å²) in [6.45, 7) is 8.89. The average Bonchev–Trinajstić information content (AvgIpc) is 3.18. The van der Waals surface area contributed by atoms with E-state index in [1.807, 2.05) is 6.92 Å². The Bertz CT molecular complexity index is 1360. The Balaban J connectivity index is 1.59. The van der Waals surface area contributed by atoms with Gasteiger partial charge in [0.25, 0.3) is 5.91 Å². The molecule has 13 heteroatoms. The number of hydrogen-bond acceptors (Lipinski definition) is 8. The van der Waals surface area contributed by atoms with Gasteiger partial charge in [0.05, 0.1) is 23.2 Å². The number of nitrogens with zero attached hydrogens (tertiary/aromatic N) is 3. The second kappa shape index (κ2) is 11.1. The summed E-state index contributed by atoms with van der Waals surface area (Å²) in [5.74, 6) is -0.652. The third-order valence-corrected chi connectivity index (χ3v) is 7.21. The number of rotatable bonds is 7. The Labute approximate surface area is 236 Å². The molecule has 1 aromatic carbocycles. The van der Waals surface area contributed by atoms with E-state index in [1.165, 1.54) is 14.0 Å². The number of ether oxygens (including phenoxy) is 1. The van der Waals surface area contributed by atoms with Crippen LogP contribution in [-0.2, 0) is 20.5 Å². The summed E-state index contributed by atoms with van der Waals surface area (Å²) >= 11 is 0. The summed E-state index contributed by atoms with van der Waals surface area (Å²) in [6.07, 6.45) is -2.72. The fourth-order valence-corrected chi connectivity index (χ4v) is 5.23. The van der Waals surface area contributed by atoms with E-state index in [4.69, 9.17) is 4.74 Å². The predicted octanol–water partition coefficient (Wildman–Crippen LogP) is 2.92. The minimum Gasteiger partial charge on any atom is -0.389 e. The van der Waals surface area contributed by atoms with Gasteiger partial charge < -0.3 is 30.4 Å². The lowest BCUT2D eigenvalue weighted by molar-refractivity contribution is -0.141. The van der Waals surface area contributed by atoms with Crippen LogP contribution in [0.5, 0.6) is 0 Å². The molecule has 224 valence electrons. The van der Waals surface area contributed by atoms with Crippen molar-refractivity contribution in [2.24, 2.45) is 0 Å². The highest BCUT2D eigenvalue weighted by Gasteiger charge is 2.42. The lowest BCUT2D eigenvalue weighted by Crippen LogP contribution is -2.57. The SMILES string of the molecule is COC1(C)NN(CC(C)(C)O)C=C1C(=O)N[C@H]1C[C@@H](Nc2cc(C(F)(F)F)nc3ccc(C)cc23)CN(C(C)=O)C1. The minimum atomic E-state index is -4.64. The molecular weight excluding hydrogens is 541 g/mol. The Morgan fingerprint density at radius 3 is 2.51 bits per heavy atom. The summed E-state index contributed by atoms with van der Waals surface area (Å²) in [7, 11) is 1.45. The van der Waals surface area contributed by atoms with E-state index in [2.05, 4.69) is 21.0 Å². The van der Waals surface area contributed by atoms with Crippen LogP contribution in [0.4, 0.5) is 18.9 Å². The van der Waals surface area contributed by atoms with E-state index < -0.39 is 41.2 Å². The predicted molar refractivity (Wildman–Crippen MR) is 147 cm³/mol. The first kappa shape index (κ1) is 30.5. The molecule has 0 saturated carbocycles. The van der Waals surface area contributed by atoms with E-state index in [1.54, 1.807) is 55.1 Å². The number of pyridine rings is 1. The fourth-order valence-electron chi connectivity index (χ4n) is 5.23. The quantitative estimate of drug-likeness (QED) is 0.396. The van der Waals surface area contributed by atoms with E-state index in [0.717, 1.165) is 11.6 Å². The van der Waals surface area contributed by atoms with E-state index in [9.17, 15) is 27.9 Å². The molecule has 41 heavy (non-hydrogen) atoms. The van der Waals surface area contributed by atoms with Gasteiger partial charge in [-0.15, -0.1) is 0 Å². The smallest absolute Gasteiger partial charge is 0.389 e. The van der Waals surface area contributed by atoms with E-state index >= 15 is 0 Å². The standard InChI is InChI=1S/C28H37F3N6O4/c1-16-7-8-22-20(9-16)23(11-24(34-22)28(29,30)31)32-18-10-19(13-36(12-18)17(2)38)33-25(39)21-14-37(15-26(3,4)40)35-27(21,5)41-6/h7-9,11,14,18-19,35,40H,10,12-13,15H2,1-6H3,(H,32,34)(H,33,39)/t18-,19+,27?/m1/s1. The maximum Gasteiger partial charge on any atom is 0.433 e. The topological polar surface area (TPSA) is 119 Å².